The molecule has 2 aromatic rings. The molecule has 0 saturated carbocycles. The van der Waals surface area contributed by atoms with Gasteiger partial charge >= 0.3 is 0 Å². The Morgan fingerprint density at radius 2 is 1.90 bits per heavy atom. The van der Waals surface area contributed by atoms with Crippen LogP contribution in [-0.2, 0) is 4.79 Å². The standard InChI is InChI=1S/C16H19N3O/c1-11-9-18-15(10-17-11)16(20)19-14-8-4-6-12-5-2-3-7-13(12)14/h2-8,11,15,17-18H,9-10H2,1H3,(H,19,20). The van der Waals surface area contributed by atoms with Crippen molar-refractivity contribution in [2.45, 2.75) is 19.0 Å². The maximum Gasteiger partial charge on any atom is 0.242 e. The summed E-state index contributed by atoms with van der Waals surface area (Å²) in [4.78, 5) is 12.3. The topological polar surface area (TPSA) is 53.2 Å². The van der Waals surface area contributed by atoms with Crippen molar-refractivity contribution in [3.05, 3.63) is 42.5 Å². The van der Waals surface area contributed by atoms with Crippen LogP contribution in [0.2, 0.25) is 0 Å². The number of carbonyl (C=O) groups is 1. The SMILES string of the molecule is CC1CNC(C(=O)Nc2cccc3ccccc23)CN1. The molecule has 4 heteroatoms. The largest absolute Gasteiger partial charge is 0.324 e. The predicted molar refractivity (Wildman–Crippen MR) is 81.8 cm³/mol. The van der Waals surface area contributed by atoms with E-state index in [0.29, 0.717) is 12.6 Å². The third-order valence-corrected chi connectivity index (χ3v) is 3.70. The van der Waals surface area contributed by atoms with Gasteiger partial charge in [-0.15, -0.1) is 0 Å². The normalized spacial score (nSPS) is 22.6. The molecule has 2 atom stereocenters. The van der Waals surface area contributed by atoms with Crippen molar-refractivity contribution in [3.63, 3.8) is 0 Å². The molecule has 0 aromatic heterocycles. The number of hydrogen-bond donors (Lipinski definition) is 3. The number of hydrogen-bond acceptors (Lipinski definition) is 3. The fourth-order valence-corrected chi connectivity index (χ4v) is 2.52. The second-order valence-corrected chi connectivity index (χ2v) is 5.29. The number of nitrogens with one attached hydrogen (secondary N) is 3. The first kappa shape index (κ1) is 13.1. The van der Waals surface area contributed by atoms with Crippen molar-refractivity contribution in [2.75, 3.05) is 18.4 Å². The molecule has 1 fully saturated rings. The van der Waals surface area contributed by atoms with Crippen molar-refractivity contribution in [1.82, 2.24) is 10.6 Å². The lowest BCUT2D eigenvalue weighted by atomic mass is 10.1. The third kappa shape index (κ3) is 2.66. The minimum atomic E-state index is -0.176. The van der Waals surface area contributed by atoms with Gasteiger partial charge in [0.05, 0.1) is 6.04 Å². The molecule has 20 heavy (non-hydrogen) atoms. The Bertz CT molecular complexity index is 613. The number of benzene rings is 2. The van der Waals surface area contributed by atoms with Gasteiger partial charge in [-0.05, 0) is 18.4 Å². The van der Waals surface area contributed by atoms with Gasteiger partial charge in [0.2, 0.25) is 5.91 Å². The molecule has 1 heterocycles. The first-order chi connectivity index (χ1) is 9.74. The van der Waals surface area contributed by atoms with Crippen LogP contribution < -0.4 is 16.0 Å². The van der Waals surface area contributed by atoms with Crippen molar-refractivity contribution in [3.8, 4) is 0 Å². The molecule has 0 aliphatic carbocycles. The highest BCUT2D eigenvalue weighted by Crippen LogP contribution is 2.23. The van der Waals surface area contributed by atoms with E-state index in [-0.39, 0.29) is 11.9 Å². The Labute approximate surface area is 118 Å². The number of anilines is 1. The number of amides is 1. The third-order valence-electron chi connectivity index (χ3n) is 3.70. The molecule has 0 spiro atoms. The summed E-state index contributed by atoms with van der Waals surface area (Å²) in [5.41, 5.74) is 0.869. The van der Waals surface area contributed by atoms with E-state index in [1.807, 2.05) is 42.5 Å². The van der Waals surface area contributed by atoms with Crippen LogP contribution in [0.5, 0.6) is 0 Å². The molecule has 2 aromatic carbocycles. The van der Waals surface area contributed by atoms with Gasteiger partial charge in [-0.3, -0.25) is 4.79 Å². The van der Waals surface area contributed by atoms with Crippen molar-refractivity contribution >= 4 is 22.4 Å². The van der Waals surface area contributed by atoms with E-state index in [0.717, 1.165) is 23.0 Å². The highest BCUT2D eigenvalue weighted by Gasteiger charge is 2.23. The number of fused-ring (bicyclic) bond motifs is 1. The monoisotopic (exact) mass is 269 g/mol. The highest BCUT2D eigenvalue weighted by atomic mass is 16.2. The van der Waals surface area contributed by atoms with Gasteiger partial charge < -0.3 is 16.0 Å². The summed E-state index contributed by atoms with van der Waals surface area (Å²) in [6.45, 7) is 3.58. The van der Waals surface area contributed by atoms with Crippen molar-refractivity contribution in [1.29, 1.82) is 0 Å². The molecule has 3 N–H and O–H groups in total. The van der Waals surface area contributed by atoms with E-state index >= 15 is 0 Å². The Morgan fingerprint density at radius 1 is 1.10 bits per heavy atom. The van der Waals surface area contributed by atoms with E-state index in [4.69, 9.17) is 0 Å². The summed E-state index contributed by atoms with van der Waals surface area (Å²) in [5, 5.41) is 11.8. The zero-order valence-electron chi connectivity index (χ0n) is 11.5. The van der Waals surface area contributed by atoms with Crippen molar-refractivity contribution in [2.24, 2.45) is 0 Å². The fraction of sp³-hybridized carbons (Fsp3) is 0.312. The van der Waals surface area contributed by atoms with Gasteiger partial charge in [-0.25, -0.2) is 0 Å². The smallest absolute Gasteiger partial charge is 0.242 e. The molecule has 1 saturated heterocycles. The van der Waals surface area contributed by atoms with Crippen LogP contribution in [0.1, 0.15) is 6.92 Å². The Balaban J connectivity index is 1.77. The van der Waals surface area contributed by atoms with Crippen LogP contribution in [0.3, 0.4) is 0 Å². The second-order valence-electron chi connectivity index (χ2n) is 5.29. The maximum atomic E-state index is 12.3. The predicted octanol–water partition coefficient (Wildman–Crippen LogP) is 1.73. The fourth-order valence-electron chi connectivity index (χ4n) is 2.52. The minimum absolute atomic E-state index is 0.0146. The van der Waals surface area contributed by atoms with Crippen LogP contribution >= 0.6 is 0 Å². The average molecular weight is 269 g/mol. The van der Waals surface area contributed by atoms with Gasteiger partial charge in [0, 0.05) is 30.2 Å². The first-order valence-electron chi connectivity index (χ1n) is 6.99. The lowest BCUT2D eigenvalue weighted by molar-refractivity contribution is -0.118. The van der Waals surface area contributed by atoms with Gasteiger partial charge in [0.15, 0.2) is 0 Å². The summed E-state index contributed by atoms with van der Waals surface area (Å²) >= 11 is 0. The molecule has 1 amide bonds. The summed E-state index contributed by atoms with van der Waals surface area (Å²) in [6.07, 6.45) is 0. The van der Waals surface area contributed by atoms with Crippen LogP contribution in [0, 0.1) is 0 Å². The summed E-state index contributed by atoms with van der Waals surface area (Å²) in [7, 11) is 0. The van der Waals surface area contributed by atoms with Crippen LogP contribution in [0.15, 0.2) is 42.5 Å². The highest BCUT2D eigenvalue weighted by molar-refractivity contribution is 6.03. The molecule has 1 aliphatic rings. The van der Waals surface area contributed by atoms with Gasteiger partial charge in [0.1, 0.15) is 0 Å². The number of rotatable bonds is 2. The quantitative estimate of drug-likeness (QED) is 0.778. The average Bonchev–Trinajstić information content (AvgIpc) is 2.48. The van der Waals surface area contributed by atoms with E-state index < -0.39 is 0 Å². The first-order valence-corrected chi connectivity index (χ1v) is 6.99. The van der Waals surface area contributed by atoms with Gasteiger partial charge in [-0.1, -0.05) is 36.4 Å². The molecule has 1 aliphatic heterocycles. The zero-order valence-corrected chi connectivity index (χ0v) is 11.5. The molecule has 4 nitrogen and oxygen atoms in total. The van der Waals surface area contributed by atoms with E-state index in [9.17, 15) is 4.79 Å². The minimum Gasteiger partial charge on any atom is -0.324 e. The van der Waals surface area contributed by atoms with Crippen molar-refractivity contribution < 1.29 is 4.79 Å². The molecule has 3 rings (SSSR count). The number of piperazine rings is 1. The lowest BCUT2D eigenvalue weighted by Gasteiger charge is -2.28. The van der Waals surface area contributed by atoms with E-state index in [2.05, 4.69) is 22.9 Å². The summed E-state index contributed by atoms with van der Waals surface area (Å²) in [6, 6.07) is 14.3. The van der Waals surface area contributed by atoms with Crippen LogP contribution in [0.4, 0.5) is 5.69 Å². The lowest BCUT2D eigenvalue weighted by Crippen LogP contribution is -2.57. The summed E-state index contributed by atoms with van der Waals surface area (Å²) < 4.78 is 0. The molecule has 0 bridgehead atoms. The zero-order chi connectivity index (χ0) is 13.9. The van der Waals surface area contributed by atoms with Gasteiger partial charge in [-0.2, -0.15) is 0 Å². The molecule has 0 radical (unpaired) electrons. The molecular formula is C16H19N3O. The number of carbonyl (C=O) groups excluding carboxylic acids is 1. The van der Waals surface area contributed by atoms with Crippen LogP contribution in [0.25, 0.3) is 10.8 Å². The van der Waals surface area contributed by atoms with Gasteiger partial charge in [0.25, 0.3) is 0 Å². The van der Waals surface area contributed by atoms with E-state index in [1.165, 1.54) is 0 Å². The van der Waals surface area contributed by atoms with E-state index in [1.54, 1.807) is 0 Å². The Kier molecular flexibility index (Phi) is 3.67. The Morgan fingerprint density at radius 3 is 2.70 bits per heavy atom. The molecular weight excluding hydrogens is 250 g/mol. The molecule has 104 valence electrons. The Hall–Kier alpha value is -1.91. The summed E-state index contributed by atoms with van der Waals surface area (Å²) in [5.74, 6) is 0.0146. The molecule has 2 unspecified atom stereocenters. The van der Waals surface area contributed by atoms with Crippen LogP contribution in [-0.4, -0.2) is 31.1 Å². The second kappa shape index (κ2) is 5.61. The maximum absolute atomic E-state index is 12.3.